The number of carbonyl (C=O) groups is 1. The van der Waals surface area contributed by atoms with Crippen molar-refractivity contribution in [2.45, 2.75) is 6.92 Å². The van der Waals surface area contributed by atoms with Gasteiger partial charge in [0, 0.05) is 5.39 Å². The Hall–Kier alpha value is -1.81. The van der Waals surface area contributed by atoms with E-state index in [0.29, 0.717) is 16.5 Å². The lowest BCUT2D eigenvalue weighted by molar-refractivity contribution is 0.100. The second kappa shape index (κ2) is 3.40. The van der Waals surface area contributed by atoms with Crippen molar-refractivity contribution in [1.82, 2.24) is 0 Å². The standard InChI is InChI=1S/C11H11NO3/c1-6-2-7(13)3-8-9(10(14)4-12)5-15-11(6)8/h2-3,5,13H,4,12H2,1H3. The maximum absolute atomic E-state index is 11.4. The first-order valence-corrected chi connectivity index (χ1v) is 4.57. The summed E-state index contributed by atoms with van der Waals surface area (Å²) >= 11 is 0. The van der Waals surface area contributed by atoms with Gasteiger partial charge in [0.05, 0.1) is 12.1 Å². The van der Waals surface area contributed by atoms with Crippen LogP contribution in [-0.2, 0) is 0 Å². The molecule has 0 aliphatic carbocycles. The summed E-state index contributed by atoms with van der Waals surface area (Å²) in [5.74, 6) is -0.0776. The van der Waals surface area contributed by atoms with Crippen LogP contribution in [0.2, 0.25) is 0 Å². The van der Waals surface area contributed by atoms with Gasteiger partial charge in [0.1, 0.15) is 17.6 Å². The van der Waals surface area contributed by atoms with Crippen LogP contribution in [0.4, 0.5) is 0 Å². The van der Waals surface area contributed by atoms with Crippen molar-refractivity contribution in [3.8, 4) is 5.75 Å². The third kappa shape index (κ3) is 1.49. The molecule has 0 unspecified atom stereocenters. The third-order valence-electron chi connectivity index (χ3n) is 2.33. The molecule has 0 amide bonds. The van der Waals surface area contributed by atoms with E-state index in [0.717, 1.165) is 5.56 Å². The van der Waals surface area contributed by atoms with Gasteiger partial charge in [-0.05, 0) is 24.6 Å². The molecule has 0 radical (unpaired) electrons. The number of benzene rings is 1. The lowest BCUT2D eigenvalue weighted by atomic mass is 10.1. The molecule has 0 fully saturated rings. The summed E-state index contributed by atoms with van der Waals surface area (Å²) in [6.45, 7) is 1.74. The lowest BCUT2D eigenvalue weighted by Crippen LogP contribution is -2.12. The SMILES string of the molecule is Cc1cc(O)cc2c(C(=O)CN)coc12. The number of aryl methyl sites for hydroxylation is 1. The van der Waals surface area contributed by atoms with E-state index < -0.39 is 0 Å². The van der Waals surface area contributed by atoms with Crippen molar-refractivity contribution < 1.29 is 14.3 Å². The number of fused-ring (bicyclic) bond motifs is 1. The highest BCUT2D eigenvalue weighted by atomic mass is 16.3. The molecule has 1 heterocycles. The Labute approximate surface area is 86.3 Å². The highest BCUT2D eigenvalue weighted by Crippen LogP contribution is 2.28. The molecule has 0 atom stereocenters. The zero-order valence-corrected chi connectivity index (χ0v) is 8.28. The first-order chi connectivity index (χ1) is 7.13. The fourth-order valence-electron chi connectivity index (χ4n) is 1.62. The molecule has 0 bridgehead atoms. The number of carbonyl (C=O) groups excluding carboxylic acids is 1. The summed E-state index contributed by atoms with van der Waals surface area (Å²) in [5.41, 5.74) is 7.11. The highest BCUT2D eigenvalue weighted by Gasteiger charge is 2.14. The van der Waals surface area contributed by atoms with Gasteiger partial charge in [-0.2, -0.15) is 0 Å². The Balaban J connectivity index is 2.74. The van der Waals surface area contributed by atoms with Crippen molar-refractivity contribution in [3.05, 3.63) is 29.5 Å². The average Bonchev–Trinajstić information content (AvgIpc) is 2.60. The maximum Gasteiger partial charge on any atom is 0.180 e. The van der Waals surface area contributed by atoms with Crippen molar-refractivity contribution >= 4 is 16.8 Å². The molecule has 2 rings (SSSR count). The predicted octanol–water partition coefficient (Wildman–Crippen LogP) is 1.59. The van der Waals surface area contributed by atoms with Gasteiger partial charge in [0.25, 0.3) is 0 Å². The minimum Gasteiger partial charge on any atom is -0.508 e. The van der Waals surface area contributed by atoms with E-state index in [1.165, 1.54) is 12.3 Å². The second-order valence-electron chi connectivity index (χ2n) is 3.42. The predicted molar refractivity (Wildman–Crippen MR) is 56.0 cm³/mol. The molecule has 1 aromatic heterocycles. The van der Waals surface area contributed by atoms with Crippen LogP contribution in [0.5, 0.6) is 5.75 Å². The fourth-order valence-corrected chi connectivity index (χ4v) is 1.62. The van der Waals surface area contributed by atoms with E-state index in [9.17, 15) is 9.90 Å². The number of furan rings is 1. The van der Waals surface area contributed by atoms with Gasteiger partial charge >= 0.3 is 0 Å². The van der Waals surface area contributed by atoms with E-state index in [-0.39, 0.29) is 18.1 Å². The van der Waals surface area contributed by atoms with Gasteiger partial charge in [-0.1, -0.05) is 0 Å². The summed E-state index contributed by atoms with van der Waals surface area (Å²) < 4.78 is 5.27. The maximum atomic E-state index is 11.4. The Morgan fingerprint density at radius 3 is 2.93 bits per heavy atom. The molecule has 0 saturated heterocycles. The molecule has 3 N–H and O–H groups in total. The number of ketones is 1. The molecule has 15 heavy (non-hydrogen) atoms. The van der Waals surface area contributed by atoms with Crippen molar-refractivity contribution in [2.75, 3.05) is 6.54 Å². The number of rotatable bonds is 2. The Bertz CT molecular complexity index is 528. The van der Waals surface area contributed by atoms with Gasteiger partial charge in [0.2, 0.25) is 0 Å². The van der Waals surface area contributed by atoms with Gasteiger partial charge in [-0.25, -0.2) is 0 Å². The Morgan fingerprint density at radius 1 is 1.53 bits per heavy atom. The number of phenols is 1. The number of hydrogen-bond donors (Lipinski definition) is 2. The summed E-state index contributed by atoms with van der Waals surface area (Å²) in [6, 6.07) is 3.09. The summed E-state index contributed by atoms with van der Waals surface area (Å²) in [4.78, 5) is 11.4. The number of Topliss-reactive ketones (excluding diaryl/α,β-unsaturated/α-hetero) is 1. The van der Waals surface area contributed by atoms with Gasteiger partial charge < -0.3 is 15.3 Å². The number of aromatic hydroxyl groups is 1. The van der Waals surface area contributed by atoms with E-state index in [1.807, 2.05) is 6.92 Å². The second-order valence-corrected chi connectivity index (χ2v) is 3.42. The van der Waals surface area contributed by atoms with Gasteiger partial charge in [-0.15, -0.1) is 0 Å². The van der Waals surface area contributed by atoms with Crippen molar-refractivity contribution in [3.63, 3.8) is 0 Å². The van der Waals surface area contributed by atoms with Crippen LogP contribution >= 0.6 is 0 Å². The number of hydrogen-bond acceptors (Lipinski definition) is 4. The molecule has 4 nitrogen and oxygen atoms in total. The minimum atomic E-state index is -0.196. The van der Waals surface area contributed by atoms with E-state index in [4.69, 9.17) is 10.2 Å². The van der Waals surface area contributed by atoms with E-state index in [1.54, 1.807) is 6.07 Å². The third-order valence-corrected chi connectivity index (χ3v) is 2.33. The lowest BCUT2D eigenvalue weighted by Gasteiger charge is -1.98. The van der Waals surface area contributed by atoms with Crippen LogP contribution in [0.25, 0.3) is 11.0 Å². The quantitative estimate of drug-likeness (QED) is 0.730. The molecule has 0 aliphatic heterocycles. The molecule has 0 aliphatic rings. The minimum absolute atomic E-state index is 0.0661. The van der Waals surface area contributed by atoms with Crippen LogP contribution in [-0.4, -0.2) is 17.4 Å². The van der Waals surface area contributed by atoms with E-state index >= 15 is 0 Å². The molecule has 0 saturated carbocycles. The molecule has 0 spiro atoms. The zero-order chi connectivity index (χ0) is 11.0. The van der Waals surface area contributed by atoms with Crippen LogP contribution in [0.1, 0.15) is 15.9 Å². The van der Waals surface area contributed by atoms with Crippen molar-refractivity contribution in [1.29, 1.82) is 0 Å². The molecular weight excluding hydrogens is 194 g/mol. The molecule has 4 heteroatoms. The van der Waals surface area contributed by atoms with Crippen LogP contribution in [0.3, 0.4) is 0 Å². The average molecular weight is 205 g/mol. The van der Waals surface area contributed by atoms with Gasteiger partial charge in [-0.3, -0.25) is 4.79 Å². The zero-order valence-electron chi connectivity index (χ0n) is 8.28. The summed E-state index contributed by atoms with van der Waals surface area (Å²) in [7, 11) is 0. The molecule has 1 aromatic carbocycles. The molecule has 2 aromatic rings. The molecular formula is C11H11NO3. The van der Waals surface area contributed by atoms with E-state index in [2.05, 4.69) is 0 Å². The number of phenolic OH excluding ortho intramolecular Hbond substituents is 1. The topological polar surface area (TPSA) is 76.5 Å². The highest BCUT2D eigenvalue weighted by molar-refractivity contribution is 6.08. The first-order valence-electron chi connectivity index (χ1n) is 4.57. The van der Waals surface area contributed by atoms with Crippen LogP contribution in [0.15, 0.2) is 22.8 Å². The van der Waals surface area contributed by atoms with Crippen molar-refractivity contribution in [2.24, 2.45) is 5.73 Å². The smallest absolute Gasteiger partial charge is 0.180 e. The summed E-state index contributed by atoms with van der Waals surface area (Å²) in [6.07, 6.45) is 1.38. The Morgan fingerprint density at radius 2 is 2.27 bits per heavy atom. The summed E-state index contributed by atoms with van der Waals surface area (Å²) in [5, 5.41) is 10.0. The van der Waals surface area contributed by atoms with Gasteiger partial charge in [0.15, 0.2) is 5.78 Å². The largest absolute Gasteiger partial charge is 0.508 e. The Kier molecular flexibility index (Phi) is 2.21. The first kappa shape index (κ1) is 9.73. The van der Waals surface area contributed by atoms with Crippen LogP contribution < -0.4 is 5.73 Å². The molecule has 78 valence electrons. The van der Waals surface area contributed by atoms with Crippen LogP contribution in [0, 0.1) is 6.92 Å². The fraction of sp³-hybridized carbons (Fsp3) is 0.182. The normalized spacial score (nSPS) is 10.8. The monoisotopic (exact) mass is 205 g/mol. The number of nitrogens with two attached hydrogens (primary N) is 1.